The topological polar surface area (TPSA) is 61.7 Å². The van der Waals surface area contributed by atoms with Gasteiger partial charge in [-0.05, 0) is 31.9 Å². The predicted octanol–water partition coefficient (Wildman–Crippen LogP) is 2.45. The predicted molar refractivity (Wildman–Crippen MR) is 94.1 cm³/mol. The number of nitrogens with one attached hydrogen (secondary N) is 1. The monoisotopic (exact) mass is 327 g/mol. The Bertz CT molecular complexity index is 672. The smallest absolute Gasteiger partial charge is 0.131 e. The van der Waals surface area contributed by atoms with Crippen molar-refractivity contribution in [3.63, 3.8) is 0 Å². The molecular weight excluding hydrogens is 302 g/mol. The quantitative estimate of drug-likeness (QED) is 0.789. The van der Waals surface area contributed by atoms with Crippen LogP contribution in [0.2, 0.25) is 0 Å². The summed E-state index contributed by atoms with van der Waals surface area (Å²) in [5, 5.41) is 24.0. The first-order valence-corrected chi connectivity index (χ1v) is 8.38. The second-order valence-corrected chi connectivity index (χ2v) is 6.90. The standard InChI is InChI=1S/C20H25NO3/c1-20(2)19(23)18(16-10-6-7-11-17(16)24-20)21-15(13-22)12-14-8-4-3-5-9-14/h3-11,15,18-19,21-23H,12-13H2,1-2H3. The molecule has 4 nitrogen and oxygen atoms in total. The molecular formula is C20H25NO3. The first-order chi connectivity index (χ1) is 11.5. The zero-order chi connectivity index (χ0) is 17.2. The number of para-hydroxylation sites is 1. The number of aliphatic hydroxyl groups excluding tert-OH is 2. The maximum atomic E-state index is 10.8. The van der Waals surface area contributed by atoms with Crippen LogP contribution in [0.4, 0.5) is 0 Å². The molecule has 0 spiro atoms. The Balaban J connectivity index is 1.83. The van der Waals surface area contributed by atoms with Crippen molar-refractivity contribution in [3.8, 4) is 5.75 Å². The van der Waals surface area contributed by atoms with E-state index in [0.29, 0.717) is 6.42 Å². The van der Waals surface area contributed by atoms with Crippen molar-refractivity contribution < 1.29 is 14.9 Å². The largest absolute Gasteiger partial charge is 0.485 e. The van der Waals surface area contributed by atoms with Gasteiger partial charge in [-0.3, -0.25) is 0 Å². The molecule has 0 amide bonds. The summed E-state index contributed by atoms with van der Waals surface area (Å²) in [4.78, 5) is 0. The number of benzene rings is 2. The Kier molecular flexibility index (Phi) is 4.90. The van der Waals surface area contributed by atoms with E-state index in [9.17, 15) is 10.2 Å². The van der Waals surface area contributed by atoms with Gasteiger partial charge in [-0.15, -0.1) is 0 Å². The Morgan fingerprint density at radius 2 is 1.75 bits per heavy atom. The van der Waals surface area contributed by atoms with Gasteiger partial charge in [0.15, 0.2) is 0 Å². The molecule has 2 aromatic carbocycles. The molecule has 0 aromatic heterocycles. The summed E-state index contributed by atoms with van der Waals surface area (Å²) >= 11 is 0. The van der Waals surface area contributed by atoms with E-state index < -0.39 is 11.7 Å². The van der Waals surface area contributed by atoms with E-state index in [0.717, 1.165) is 16.9 Å². The van der Waals surface area contributed by atoms with Gasteiger partial charge in [-0.25, -0.2) is 0 Å². The summed E-state index contributed by atoms with van der Waals surface area (Å²) in [6, 6.07) is 17.4. The van der Waals surface area contributed by atoms with Crippen LogP contribution in [0.1, 0.15) is 31.0 Å². The van der Waals surface area contributed by atoms with Gasteiger partial charge >= 0.3 is 0 Å². The third kappa shape index (κ3) is 3.46. The Morgan fingerprint density at radius 3 is 2.46 bits per heavy atom. The van der Waals surface area contributed by atoms with E-state index in [-0.39, 0.29) is 18.7 Å². The number of fused-ring (bicyclic) bond motifs is 1. The summed E-state index contributed by atoms with van der Waals surface area (Å²) in [6.45, 7) is 3.77. The minimum atomic E-state index is -0.711. The summed E-state index contributed by atoms with van der Waals surface area (Å²) in [7, 11) is 0. The van der Waals surface area contributed by atoms with Gasteiger partial charge in [0, 0.05) is 11.6 Å². The number of aliphatic hydroxyl groups is 2. The van der Waals surface area contributed by atoms with Gasteiger partial charge < -0.3 is 20.3 Å². The molecule has 3 unspecified atom stereocenters. The van der Waals surface area contributed by atoms with Crippen molar-refractivity contribution in [2.45, 2.75) is 44.1 Å². The molecule has 3 rings (SSSR count). The second-order valence-electron chi connectivity index (χ2n) is 6.90. The Hall–Kier alpha value is -1.88. The molecule has 0 bridgehead atoms. The zero-order valence-corrected chi connectivity index (χ0v) is 14.1. The van der Waals surface area contributed by atoms with Crippen molar-refractivity contribution in [2.75, 3.05) is 6.61 Å². The lowest BCUT2D eigenvalue weighted by molar-refractivity contribution is -0.0674. The number of hydrogen-bond acceptors (Lipinski definition) is 4. The molecule has 0 saturated heterocycles. The van der Waals surface area contributed by atoms with Crippen molar-refractivity contribution in [1.82, 2.24) is 5.32 Å². The average Bonchev–Trinajstić information content (AvgIpc) is 2.58. The highest BCUT2D eigenvalue weighted by molar-refractivity contribution is 5.40. The third-order valence-electron chi connectivity index (χ3n) is 4.62. The Labute approximate surface area is 143 Å². The van der Waals surface area contributed by atoms with Gasteiger partial charge in [0.05, 0.1) is 12.6 Å². The van der Waals surface area contributed by atoms with Crippen molar-refractivity contribution in [2.24, 2.45) is 0 Å². The highest BCUT2D eigenvalue weighted by Crippen LogP contribution is 2.39. The normalized spacial score (nSPS) is 23.2. The molecule has 0 radical (unpaired) electrons. The molecule has 128 valence electrons. The molecule has 0 aliphatic carbocycles. The van der Waals surface area contributed by atoms with Crippen LogP contribution < -0.4 is 10.1 Å². The molecule has 24 heavy (non-hydrogen) atoms. The number of rotatable bonds is 5. The molecule has 4 heteroatoms. The fourth-order valence-corrected chi connectivity index (χ4v) is 3.26. The lowest BCUT2D eigenvalue weighted by atomic mass is 9.86. The second kappa shape index (κ2) is 6.93. The van der Waals surface area contributed by atoms with Crippen LogP contribution in [-0.4, -0.2) is 34.6 Å². The fraction of sp³-hybridized carbons (Fsp3) is 0.400. The van der Waals surface area contributed by atoms with E-state index in [1.165, 1.54) is 0 Å². The summed E-state index contributed by atoms with van der Waals surface area (Å²) in [5.74, 6) is 0.779. The molecule has 1 heterocycles. The van der Waals surface area contributed by atoms with Crippen molar-refractivity contribution >= 4 is 0 Å². The van der Waals surface area contributed by atoms with Crippen LogP contribution in [0, 0.1) is 0 Å². The molecule has 1 aliphatic rings. The highest BCUT2D eigenvalue weighted by Gasteiger charge is 2.43. The van der Waals surface area contributed by atoms with Crippen molar-refractivity contribution in [3.05, 3.63) is 65.7 Å². The summed E-state index contributed by atoms with van der Waals surface area (Å²) in [5.41, 5.74) is 1.38. The molecule has 2 aromatic rings. The lowest BCUT2D eigenvalue weighted by Gasteiger charge is -2.43. The van der Waals surface area contributed by atoms with Gasteiger partial charge in [-0.2, -0.15) is 0 Å². The van der Waals surface area contributed by atoms with Crippen LogP contribution in [0.25, 0.3) is 0 Å². The molecule has 0 fully saturated rings. The van der Waals surface area contributed by atoms with E-state index in [2.05, 4.69) is 5.32 Å². The van der Waals surface area contributed by atoms with Crippen LogP contribution in [0.5, 0.6) is 5.75 Å². The van der Waals surface area contributed by atoms with E-state index in [1.807, 2.05) is 68.4 Å². The average molecular weight is 327 g/mol. The Morgan fingerprint density at radius 1 is 1.08 bits per heavy atom. The van der Waals surface area contributed by atoms with E-state index >= 15 is 0 Å². The minimum absolute atomic E-state index is 0.00155. The van der Waals surface area contributed by atoms with Crippen LogP contribution in [-0.2, 0) is 6.42 Å². The third-order valence-corrected chi connectivity index (χ3v) is 4.62. The van der Waals surface area contributed by atoms with Gasteiger partial charge in [0.25, 0.3) is 0 Å². The molecule has 3 N–H and O–H groups in total. The first-order valence-electron chi connectivity index (χ1n) is 8.38. The maximum Gasteiger partial charge on any atom is 0.131 e. The van der Waals surface area contributed by atoms with Gasteiger partial charge in [-0.1, -0.05) is 48.5 Å². The van der Waals surface area contributed by atoms with Crippen molar-refractivity contribution in [1.29, 1.82) is 0 Å². The lowest BCUT2D eigenvalue weighted by Crippen LogP contribution is -2.54. The van der Waals surface area contributed by atoms with E-state index in [1.54, 1.807) is 0 Å². The number of hydrogen-bond donors (Lipinski definition) is 3. The number of ether oxygens (including phenoxy) is 1. The molecule has 0 saturated carbocycles. The van der Waals surface area contributed by atoms with Crippen LogP contribution >= 0.6 is 0 Å². The highest BCUT2D eigenvalue weighted by atomic mass is 16.5. The fourth-order valence-electron chi connectivity index (χ4n) is 3.26. The summed E-state index contributed by atoms with van der Waals surface area (Å²) < 4.78 is 5.94. The SMILES string of the molecule is CC1(C)Oc2ccccc2C(NC(CO)Cc2ccccc2)C1O. The summed E-state index contributed by atoms with van der Waals surface area (Å²) in [6.07, 6.45) is -0.0125. The van der Waals surface area contributed by atoms with Crippen LogP contribution in [0.3, 0.4) is 0 Å². The minimum Gasteiger partial charge on any atom is -0.485 e. The van der Waals surface area contributed by atoms with E-state index in [4.69, 9.17) is 4.74 Å². The first kappa shape index (κ1) is 17.0. The van der Waals surface area contributed by atoms with Gasteiger partial charge in [0.1, 0.15) is 17.5 Å². The molecule has 1 aliphatic heterocycles. The molecule has 3 atom stereocenters. The maximum absolute atomic E-state index is 10.8. The zero-order valence-electron chi connectivity index (χ0n) is 14.1. The van der Waals surface area contributed by atoms with Gasteiger partial charge in [0.2, 0.25) is 0 Å². The van der Waals surface area contributed by atoms with Crippen LogP contribution in [0.15, 0.2) is 54.6 Å².